The Labute approximate surface area is 228 Å². The van der Waals surface area contributed by atoms with Crippen LogP contribution in [0.1, 0.15) is 104 Å². The summed E-state index contributed by atoms with van der Waals surface area (Å²) in [6.45, 7) is 10.1. The minimum atomic E-state index is -0.882. The second kappa shape index (κ2) is 9.47. The minimum Gasteiger partial charge on any atom is -0.481 e. The van der Waals surface area contributed by atoms with E-state index in [1.165, 1.54) is 6.42 Å². The topological polar surface area (TPSA) is 74.6 Å². The Kier molecular flexibility index (Phi) is 6.82. The highest BCUT2D eigenvalue weighted by Gasteiger charge is 2.62. The van der Waals surface area contributed by atoms with Crippen molar-refractivity contribution in [2.24, 2.45) is 34.0 Å². The van der Waals surface area contributed by atoms with Crippen molar-refractivity contribution in [3.63, 3.8) is 0 Å². The van der Waals surface area contributed by atoms with Gasteiger partial charge in [0.05, 0.1) is 11.0 Å². The van der Waals surface area contributed by atoms with Crippen LogP contribution in [0.2, 0.25) is 0 Å². The number of rotatable bonds is 10. The van der Waals surface area contributed by atoms with E-state index in [9.17, 15) is 19.8 Å². The van der Waals surface area contributed by atoms with Gasteiger partial charge in [0.2, 0.25) is 0 Å². The van der Waals surface area contributed by atoms with Gasteiger partial charge in [0.25, 0.3) is 0 Å². The van der Waals surface area contributed by atoms with E-state index in [0.717, 1.165) is 48.4 Å². The Balaban J connectivity index is 1.35. The summed E-state index contributed by atoms with van der Waals surface area (Å²) in [7, 11) is 0. The van der Waals surface area contributed by atoms with E-state index in [4.69, 9.17) is 0 Å². The average Bonchev–Trinajstić information content (AvgIpc) is 2.81. The van der Waals surface area contributed by atoms with Crippen LogP contribution in [0.4, 0.5) is 0 Å². The predicted molar refractivity (Wildman–Crippen MR) is 152 cm³/mol. The Morgan fingerprint density at radius 1 is 0.974 bits per heavy atom. The summed E-state index contributed by atoms with van der Waals surface area (Å²) < 4.78 is 0. The Morgan fingerprint density at radius 2 is 1.61 bits per heavy atom. The first-order valence-corrected chi connectivity index (χ1v) is 14.7. The van der Waals surface area contributed by atoms with Gasteiger partial charge in [0, 0.05) is 12.3 Å². The number of carboxylic acid groups (broad SMARTS) is 1. The van der Waals surface area contributed by atoms with Crippen LogP contribution in [0.15, 0.2) is 42.5 Å². The molecule has 38 heavy (non-hydrogen) atoms. The zero-order valence-corrected chi connectivity index (χ0v) is 23.9. The summed E-state index contributed by atoms with van der Waals surface area (Å²) in [4.78, 5) is 25.9. The second-order valence-electron chi connectivity index (χ2n) is 14.8. The van der Waals surface area contributed by atoms with Crippen molar-refractivity contribution < 1.29 is 19.8 Å². The molecular weight excluding hydrogens is 472 g/mol. The lowest BCUT2D eigenvalue weighted by molar-refractivity contribution is -0.200. The van der Waals surface area contributed by atoms with Gasteiger partial charge < -0.3 is 10.2 Å². The quantitative estimate of drug-likeness (QED) is 0.337. The highest BCUT2D eigenvalue weighted by atomic mass is 16.4. The molecule has 4 fully saturated rings. The fourth-order valence-corrected chi connectivity index (χ4v) is 8.86. The fourth-order valence-electron chi connectivity index (χ4n) is 8.86. The smallest absolute Gasteiger partial charge is 0.309 e. The normalized spacial score (nSPS) is 30.4. The van der Waals surface area contributed by atoms with Gasteiger partial charge in [-0.1, -0.05) is 63.2 Å². The van der Waals surface area contributed by atoms with Crippen LogP contribution in [-0.4, -0.2) is 27.6 Å². The molecule has 2 aromatic rings. The van der Waals surface area contributed by atoms with E-state index in [0.29, 0.717) is 31.1 Å². The van der Waals surface area contributed by atoms with Crippen LogP contribution in [0.3, 0.4) is 0 Å². The number of benzene rings is 2. The zero-order valence-electron chi connectivity index (χ0n) is 23.9. The van der Waals surface area contributed by atoms with Gasteiger partial charge in [0.15, 0.2) is 0 Å². The summed E-state index contributed by atoms with van der Waals surface area (Å²) in [6, 6.07) is 14.6. The first kappa shape index (κ1) is 27.4. The summed E-state index contributed by atoms with van der Waals surface area (Å²) in [5.41, 5.74) is -0.417. The van der Waals surface area contributed by atoms with Crippen LogP contribution in [-0.2, 0) is 9.59 Å². The molecular formula is C34H46O4. The number of carboxylic acids is 1. The molecule has 0 heterocycles. The summed E-state index contributed by atoms with van der Waals surface area (Å²) in [5, 5.41) is 23.5. The number of ketones is 1. The third kappa shape index (κ3) is 5.06. The third-order valence-corrected chi connectivity index (χ3v) is 10.9. The number of fused-ring (bicyclic) bond motifs is 1. The van der Waals surface area contributed by atoms with Crippen molar-refractivity contribution in [2.75, 3.05) is 0 Å². The van der Waals surface area contributed by atoms with Crippen LogP contribution >= 0.6 is 0 Å². The lowest BCUT2D eigenvalue weighted by Gasteiger charge is -2.65. The molecule has 2 aromatic carbocycles. The van der Waals surface area contributed by atoms with E-state index >= 15 is 0 Å². The van der Waals surface area contributed by atoms with Crippen molar-refractivity contribution in [3.8, 4) is 0 Å². The van der Waals surface area contributed by atoms with Crippen molar-refractivity contribution in [1.82, 2.24) is 0 Å². The molecule has 4 saturated carbocycles. The van der Waals surface area contributed by atoms with Gasteiger partial charge in [0.1, 0.15) is 5.78 Å². The number of aliphatic hydroxyl groups is 1. The second-order valence-corrected chi connectivity index (χ2v) is 14.8. The Hall–Kier alpha value is -2.20. The molecule has 4 heteroatoms. The van der Waals surface area contributed by atoms with Gasteiger partial charge in [-0.3, -0.25) is 9.59 Å². The third-order valence-electron chi connectivity index (χ3n) is 10.9. The average molecular weight is 519 g/mol. The molecule has 4 nitrogen and oxygen atoms in total. The van der Waals surface area contributed by atoms with Gasteiger partial charge in [-0.15, -0.1) is 0 Å². The Morgan fingerprint density at radius 3 is 2.21 bits per heavy atom. The molecule has 4 atom stereocenters. The van der Waals surface area contributed by atoms with Crippen molar-refractivity contribution in [2.45, 2.75) is 104 Å². The highest BCUT2D eigenvalue weighted by molar-refractivity contribution is 5.84. The van der Waals surface area contributed by atoms with E-state index < -0.39 is 17.0 Å². The molecule has 4 aliphatic carbocycles. The van der Waals surface area contributed by atoms with Crippen LogP contribution < -0.4 is 0 Å². The number of carbonyl (C=O) groups is 2. The summed E-state index contributed by atoms with van der Waals surface area (Å²) in [5.74, 6) is 0.493. The lowest BCUT2D eigenvalue weighted by atomic mass is 9.41. The molecule has 4 unspecified atom stereocenters. The number of Topliss-reactive ketones (excluding diaryl/α,β-unsaturated/α-hetero) is 1. The number of hydrogen-bond donors (Lipinski definition) is 2. The SMILES string of the molecule is CC(CC(CC(C)(C)C(=O)O)c1ccc2ccccc2c1)C(=O)CC(C)(C)C12CC3CC(CC(O)(C3)C1)C2. The van der Waals surface area contributed by atoms with Crippen molar-refractivity contribution in [1.29, 1.82) is 0 Å². The molecule has 0 radical (unpaired) electrons. The minimum absolute atomic E-state index is 0.0203. The molecule has 0 amide bonds. The van der Waals surface area contributed by atoms with E-state index in [1.807, 2.05) is 19.1 Å². The number of carbonyl (C=O) groups excluding carboxylic acids is 1. The Bertz CT molecular complexity index is 1210. The molecule has 6 rings (SSSR count). The first-order chi connectivity index (χ1) is 17.7. The van der Waals surface area contributed by atoms with E-state index in [-0.39, 0.29) is 28.4 Å². The van der Waals surface area contributed by atoms with Crippen molar-refractivity contribution in [3.05, 3.63) is 48.0 Å². The van der Waals surface area contributed by atoms with Crippen LogP contribution in [0.25, 0.3) is 10.8 Å². The first-order valence-electron chi connectivity index (χ1n) is 14.7. The molecule has 0 aromatic heterocycles. The molecule has 4 aliphatic rings. The zero-order chi connectivity index (χ0) is 27.5. The fraction of sp³-hybridized carbons (Fsp3) is 0.647. The molecule has 0 spiro atoms. The summed E-state index contributed by atoms with van der Waals surface area (Å²) >= 11 is 0. The predicted octanol–water partition coefficient (Wildman–Crippen LogP) is 7.77. The van der Waals surface area contributed by atoms with Crippen molar-refractivity contribution >= 4 is 22.5 Å². The molecule has 2 N–H and O–H groups in total. The van der Waals surface area contributed by atoms with Crippen LogP contribution in [0.5, 0.6) is 0 Å². The van der Waals surface area contributed by atoms with Gasteiger partial charge in [-0.05, 0) is 110 Å². The van der Waals surface area contributed by atoms with Crippen LogP contribution in [0, 0.1) is 34.0 Å². The van der Waals surface area contributed by atoms with E-state index in [1.54, 1.807) is 13.8 Å². The maximum Gasteiger partial charge on any atom is 0.309 e. The van der Waals surface area contributed by atoms with Gasteiger partial charge in [-0.25, -0.2) is 0 Å². The number of aliphatic carboxylic acids is 1. The maximum absolute atomic E-state index is 13.8. The number of hydrogen-bond acceptors (Lipinski definition) is 3. The maximum atomic E-state index is 13.8. The monoisotopic (exact) mass is 518 g/mol. The molecule has 206 valence electrons. The van der Waals surface area contributed by atoms with Gasteiger partial charge >= 0.3 is 5.97 Å². The molecule has 0 saturated heterocycles. The standard InChI is InChI=1S/C34H46O4/c1-22(29(35)20-32(4,5)33-15-23-13-24(16-33)18-34(38,17-23)21-33)12-28(19-31(2,3)30(36)37)27-11-10-25-8-6-7-9-26(25)14-27/h6-11,14,22-24,28,38H,12-13,15-21H2,1-5H3,(H,36,37). The molecule has 0 aliphatic heterocycles. The molecule has 4 bridgehead atoms. The van der Waals surface area contributed by atoms with Gasteiger partial charge in [-0.2, -0.15) is 0 Å². The largest absolute Gasteiger partial charge is 0.481 e. The highest BCUT2D eigenvalue weighted by Crippen LogP contribution is 2.68. The summed E-state index contributed by atoms with van der Waals surface area (Å²) in [6.07, 6.45) is 7.92. The van der Waals surface area contributed by atoms with E-state index in [2.05, 4.69) is 44.2 Å². The lowest BCUT2D eigenvalue weighted by Crippen LogP contribution is -2.60.